The maximum atomic E-state index is 10.8. The number of anilines is 1. The maximum absolute atomic E-state index is 10.8. The highest BCUT2D eigenvalue weighted by molar-refractivity contribution is 7.09. The summed E-state index contributed by atoms with van der Waals surface area (Å²) >= 11 is 1.60. The lowest BCUT2D eigenvalue weighted by molar-refractivity contribution is -0.385. The predicted octanol–water partition coefficient (Wildman–Crippen LogP) is 2.89. The number of nitrogens with zero attached hydrogens (tertiary/aromatic N) is 3. The molecule has 0 fully saturated rings. The van der Waals surface area contributed by atoms with Gasteiger partial charge in [0.25, 0.3) is 5.69 Å². The summed E-state index contributed by atoms with van der Waals surface area (Å²) in [6, 6.07) is 6.31. The monoisotopic (exact) mass is 288 g/mol. The van der Waals surface area contributed by atoms with Crippen LogP contribution in [0, 0.1) is 28.4 Å². The molecule has 0 bridgehead atoms. The van der Waals surface area contributed by atoms with Crippen LogP contribution in [0.4, 0.5) is 11.4 Å². The number of aromatic nitrogens is 1. The lowest BCUT2D eigenvalue weighted by Gasteiger charge is -2.05. The highest BCUT2D eigenvalue weighted by atomic mass is 32.1. The third-order valence-corrected chi connectivity index (χ3v) is 3.51. The smallest absolute Gasteiger partial charge is 0.289 e. The van der Waals surface area contributed by atoms with Crippen molar-refractivity contribution < 1.29 is 4.92 Å². The first-order chi connectivity index (χ1) is 9.60. The van der Waals surface area contributed by atoms with Crippen LogP contribution in [0.5, 0.6) is 0 Å². The molecular formula is C13H12N4O2S. The summed E-state index contributed by atoms with van der Waals surface area (Å²) in [7, 11) is 0. The first kappa shape index (κ1) is 14.0. The molecule has 2 aromatic rings. The number of hydrogen-bond donors (Lipinski definition) is 1. The molecule has 20 heavy (non-hydrogen) atoms. The van der Waals surface area contributed by atoms with E-state index in [2.05, 4.69) is 10.3 Å². The van der Waals surface area contributed by atoms with Crippen molar-refractivity contribution in [3.63, 3.8) is 0 Å². The number of benzene rings is 1. The van der Waals surface area contributed by atoms with Crippen LogP contribution in [0.1, 0.15) is 16.3 Å². The zero-order chi connectivity index (χ0) is 14.5. The molecule has 0 radical (unpaired) electrons. The van der Waals surface area contributed by atoms with Crippen LogP contribution in [-0.4, -0.2) is 16.5 Å². The van der Waals surface area contributed by atoms with E-state index < -0.39 is 4.92 Å². The molecule has 0 saturated carbocycles. The Morgan fingerprint density at radius 3 is 2.95 bits per heavy atom. The van der Waals surface area contributed by atoms with Gasteiger partial charge in [0.05, 0.1) is 15.6 Å². The van der Waals surface area contributed by atoms with Gasteiger partial charge in [-0.05, 0) is 19.1 Å². The van der Waals surface area contributed by atoms with Crippen molar-refractivity contribution in [2.24, 2.45) is 0 Å². The minimum atomic E-state index is -0.548. The largest absolute Gasteiger partial charge is 0.384 e. The van der Waals surface area contributed by atoms with Gasteiger partial charge in [-0.25, -0.2) is 4.98 Å². The summed E-state index contributed by atoms with van der Waals surface area (Å²) < 4.78 is 0. The predicted molar refractivity (Wildman–Crippen MR) is 76.9 cm³/mol. The van der Waals surface area contributed by atoms with Gasteiger partial charge in [-0.3, -0.25) is 10.1 Å². The van der Waals surface area contributed by atoms with Crippen molar-refractivity contribution in [1.82, 2.24) is 4.98 Å². The normalized spacial score (nSPS) is 10.0. The molecule has 6 nitrogen and oxygen atoms in total. The highest BCUT2D eigenvalue weighted by Crippen LogP contribution is 2.22. The summed E-state index contributed by atoms with van der Waals surface area (Å²) in [6.07, 6.45) is 0.748. The van der Waals surface area contributed by atoms with E-state index in [4.69, 9.17) is 5.26 Å². The van der Waals surface area contributed by atoms with Crippen LogP contribution in [-0.2, 0) is 6.42 Å². The fourth-order valence-corrected chi connectivity index (χ4v) is 2.39. The van der Waals surface area contributed by atoms with Gasteiger partial charge in [0.15, 0.2) is 0 Å². The van der Waals surface area contributed by atoms with Crippen molar-refractivity contribution in [3.8, 4) is 6.07 Å². The van der Waals surface area contributed by atoms with Crippen LogP contribution >= 0.6 is 11.3 Å². The van der Waals surface area contributed by atoms with Crippen LogP contribution in [0.25, 0.3) is 0 Å². The molecule has 1 aromatic carbocycles. The van der Waals surface area contributed by atoms with E-state index in [-0.39, 0.29) is 11.3 Å². The van der Waals surface area contributed by atoms with Gasteiger partial charge in [0, 0.05) is 30.1 Å². The third kappa shape index (κ3) is 3.30. The molecule has 0 amide bonds. The Balaban J connectivity index is 2.01. The van der Waals surface area contributed by atoms with Gasteiger partial charge in [-0.1, -0.05) is 0 Å². The molecule has 1 heterocycles. The number of rotatable bonds is 5. The molecular weight excluding hydrogens is 276 g/mol. The topological polar surface area (TPSA) is 91.8 Å². The van der Waals surface area contributed by atoms with Crippen molar-refractivity contribution >= 4 is 22.7 Å². The second-order valence-electron chi connectivity index (χ2n) is 4.14. The minimum absolute atomic E-state index is 0.0654. The summed E-state index contributed by atoms with van der Waals surface area (Å²) in [5.41, 5.74) is 1.52. The van der Waals surface area contributed by atoms with Crippen LogP contribution in [0.2, 0.25) is 0 Å². The first-order valence-corrected chi connectivity index (χ1v) is 6.81. The Morgan fingerprint density at radius 2 is 2.35 bits per heavy atom. The van der Waals surface area contributed by atoms with Crippen LogP contribution < -0.4 is 5.32 Å². The zero-order valence-corrected chi connectivity index (χ0v) is 11.6. The fraction of sp³-hybridized carbons (Fsp3) is 0.231. The van der Waals surface area contributed by atoms with Gasteiger partial charge in [-0.2, -0.15) is 5.26 Å². The average molecular weight is 288 g/mol. The Morgan fingerprint density at radius 1 is 1.55 bits per heavy atom. The van der Waals surface area contributed by atoms with Crippen LogP contribution in [0.15, 0.2) is 23.6 Å². The number of aryl methyl sites for hydroxylation is 1. The number of nitro benzene ring substituents is 1. The van der Waals surface area contributed by atoms with E-state index in [0.29, 0.717) is 12.2 Å². The molecule has 102 valence electrons. The Kier molecular flexibility index (Phi) is 4.27. The fourth-order valence-electron chi connectivity index (χ4n) is 1.75. The van der Waals surface area contributed by atoms with Crippen molar-refractivity contribution in [2.75, 3.05) is 11.9 Å². The minimum Gasteiger partial charge on any atom is -0.384 e. The van der Waals surface area contributed by atoms with E-state index in [1.165, 1.54) is 12.1 Å². The molecule has 0 saturated heterocycles. The van der Waals surface area contributed by atoms with E-state index >= 15 is 0 Å². The molecule has 0 spiro atoms. The van der Waals surface area contributed by atoms with E-state index in [0.717, 1.165) is 17.1 Å². The molecule has 2 rings (SSSR count). The maximum Gasteiger partial charge on any atom is 0.289 e. The summed E-state index contributed by atoms with van der Waals surface area (Å²) in [6.45, 7) is 2.58. The van der Waals surface area contributed by atoms with Crippen molar-refractivity contribution in [2.45, 2.75) is 13.3 Å². The molecule has 0 aliphatic rings. The van der Waals surface area contributed by atoms with E-state index in [9.17, 15) is 10.1 Å². The zero-order valence-electron chi connectivity index (χ0n) is 10.8. The molecule has 1 N–H and O–H groups in total. The van der Waals surface area contributed by atoms with Gasteiger partial charge in [0.2, 0.25) is 0 Å². The van der Waals surface area contributed by atoms with Gasteiger partial charge in [-0.15, -0.1) is 11.3 Å². The lowest BCUT2D eigenvalue weighted by Crippen LogP contribution is -2.05. The van der Waals surface area contributed by atoms with Gasteiger partial charge in [0.1, 0.15) is 11.6 Å². The highest BCUT2D eigenvalue weighted by Gasteiger charge is 2.13. The quantitative estimate of drug-likeness (QED) is 0.674. The van der Waals surface area contributed by atoms with E-state index in [1.54, 1.807) is 17.4 Å². The molecule has 0 atom stereocenters. The second kappa shape index (κ2) is 6.12. The molecule has 0 unspecified atom stereocenters. The first-order valence-electron chi connectivity index (χ1n) is 5.93. The Bertz CT molecular complexity index is 675. The molecule has 7 heteroatoms. The number of hydrogen-bond acceptors (Lipinski definition) is 6. The standard InChI is InChI=1S/C13H12N4O2S/c1-9-16-12(8-20-9)4-5-15-11-3-2-10(7-14)13(6-11)17(18)19/h2-3,6,8,15H,4-5H2,1H3. The Hall–Kier alpha value is -2.46. The third-order valence-electron chi connectivity index (χ3n) is 2.69. The molecule has 1 aromatic heterocycles. The van der Waals surface area contributed by atoms with Crippen molar-refractivity contribution in [1.29, 1.82) is 5.26 Å². The lowest BCUT2D eigenvalue weighted by atomic mass is 10.2. The average Bonchev–Trinajstić information content (AvgIpc) is 2.84. The number of thiazole rings is 1. The van der Waals surface area contributed by atoms with Gasteiger partial charge < -0.3 is 5.32 Å². The summed E-state index contributed by atoms with van der Waals surface area (Å²) in [5, 5.41) is 25.8. The second-order valence-corrected chi connectivity index (χ2v) is 5.20. The molecule has 0 aliphatic carbocycles. The van der Waals surface area contributed by atoms with Crippen molar-refractivity contribution in [3.05, 3.63) is 50.0 Å². The van der Waals surface area contributed by atoms with Crippen LogP contribution in [0.3, 0.4) is 0 Å². The van der Waals surface area contributed by atoms with Gasteiger partial charge >= 0.3 is 0 Å². The van der Waals surface area contributed by atoms with E-state index in [1.807, 2.05) is 18.4 Å². The molecule has 0 aliphatic heterocycles. The SMILES string of the molecule is Cc1nc(CCNc2ccc(C#N)c([N+](=O)[O-])c2)cs1. The Labute approximate surface area is 119 Å². The number of nitrogens with one attached hydrogen (secondary N) is 1. The summed E-state index contributed by atoms with van der Waals surface area (Å²) in [4.78, 5) is 14.6. The number of nitriles is 1. The summed E-state index contributed by atoms with van der Waals surface area (Å²) in [5.74, 6) is 0. The number of nitro groups is 1.